The Hall–Kier alpha value is -1.43. The van der Waals surface area contributed by atoms with E-state index in [-0.39, 0.29) is 5.69 Å². The highest BCUT2D eigenvalue weighted by Gasteiger charge is 2.17. The highest BCUT2D eigenvalue weighted by atomic mass is 16.6. The molecule has 0 aliphatic carbocycles. The highest BCUT2D eigenvalue weighted by Crippen LogP contribution is 2.16. The van der Waals surface area contributed by atoms with Crippen LogP contribution in [0.4, 0.5) is 5.69 Å². The van der Waals surface area contributed by atoms with Crippen molar-refractivity contribution in [2.45, 2.75) is 26.4 Å². The number of likely N-dealkylation sites (tertiary alicyclic amines) is 1. The van der Waals surface area contributed by atoms with Gasteiger partial charge in [0, 0.05) is 6.54 Å². The topological polar surface area (TPSA) is 64.2 Å². The molecule has 0 saturated carbocycles. The zero-order valence-electron chi connectivity index (χ0n) is 9.37. The predicted octanol–water partition coefficient (Wildman–Crippen LogP) is 1.48. The molecule has 1 aliphatic rings. The average molecular weight is 224 g/mol. The number of hydrogen-bond acceptors (Lipinski definition) is 4. The Morgan fingerprint density at radius 1 is 1.69 bits per heavy atom. The van der Waals surface area contributed by atoms with Gasteiger partial charge in [0.25, 0.3) is 0 Å². The molecular formula is C10H16N4O2. The average Bonchev–Trinajstić information content (AvgIpc) is 2.66. The van der Waals surface area contributed by atoms with Crippen LogP contribution in [-0.4, -0.2) is 32.7 Å². The van der Waals surface area contributed by atoms with Crippen LogP contribution < -0.4 is 0 Å². The van der Waals surface area contributed by atoms with Gasteiger partial charge in [-0.15, -0.1) is 0 Å². The fourth-order valence-corrected chi connectivity index (χ4v) is 2.14. The molecule has 1 fully saturated rings. The Morgan fingerprint density at radius 3 is 3.12 bits per heavy atom. The van der Waals surface area contributed by atoms with Crippen molar-refractivity contribution in [3.05, 3.63) is 22.5 Å². The monoisotopic (exact) mass is 224 g/mol. The van der Waals surface area contributed by atoms with E-state index < -0.39 is 4.92 Å². The lowest BCUT2D eigenvalue weighted by atomic mass is 10.0. The summed E-state index contributed by atoms with van der Waals surface area (Å²) in [5.74, 6) is 0.708. The number of piperidine rings is 1. The summed E-state index contributed by atoms with van der Waals surface area (Å²) in [6.07, 6.45) is 5.26. The molecule has 88 valence electrons. The SMILES string of the molecule is CC1CCCN(Cn2cc([N+](=O)[O-])cn2)C1. The quantitative estimate of drug-likeness (QED) is 0.576. The zero-order valence-corrected chi connectivity index (χ0v) is 9.37. The molecule has 0 spiro atoms. The fourth-order valence-electron chi connectivity index (χ4n) is 2.14. The first-order valence-electron chi connectivity index (χ1n) is 5.54. The molecule has 1 unspecified atom stereocenters. The van der Waals surface area contributed by atoms with Crippen molar-refractivity contribution in [1.82, 2.24) is 14.7 Å². The molecule has 0 amide bonds. The zero-order chi connectivity index (χ0) is 11.5. The maximum absolute atomic E-state index is 10.5. The summed E-state index contributed by atoms with van der Waals surface area (Å²) >= 11 is 0. The molecule has 1 saturated heterocycles. The van der Waals surface area contributed by atoms with Gasteiger partial charge in [-0.2, -0.15) is 5.10 Å². The van der Waals surface area contributed by atoms with Crippen molar-refractivity contribution in [3.8, 4) is 0 Å². The van der Waals surface area contributed by atoms with Crippen molar-refractivity contribution in [2.24, 2.45) is 5.92 Å². The predicted molar refractivity (Wildman–Crippen MR) is 58.9 cm³/mol. The van der Waals surface area contributed by atoms with Crippen molar-refractivity contribution >= 4 is 5.69 Å². The van der Waals surface area contributed by atoms with Crippen molar-refractivity contribution in [2.75, 3.05) is 13.1 Å². The summed E-state index contributed by atoms with van der Waals surface area (Å²) in [5.41, 5.74) is 0.0602. The van der Waals surface area contributed by atoms with Crippen LogP contribution in [0.1, 0.15) is 19.8 Å². The van der Waals surface area contributed by atoms with Gasteiger partial charge in [-0.1, -0.05) is 6.92 Å². The molecule has 0 radical (unpaired) electrons. The molecule has 6 heteroatoms. The van der Waals surface area contributed by atoms with Crippen LogP contribution in [0.5, 0.6) is 0 Å². The van der Waals surface area contributed by atoms with E-state index in [0.717, 1.165) is 13.1 Å². The van der Waals surface area contributed by atoms with E-state index in [0.29, 0.717) is 12.6 Å². The Morgan fingerprint density at radius 2 is 2.50 bits per heavy atom. The second-order valence-corrected chi connectivity index (χ2v) is 4.46. The van der Waals surface area contributed by atoms with Gasteiger partial charge in [-0.05, 0) is 25.3 Å². The lowest BCUT2D eigenvalue weighted by Gasteiger charge is -2.30. The fraction of sp³-hybridized carbons (Fsp3) is 0.700. The van der Waals surface area contributed by atoms with Crippen LogP contribution in [0.25, 0.3) is 0 Å². The Balaban J connectivity index is 1.95. The first-order valence-corrected chi connectivity index (χ1v) is 5.54. The number of aromatic nitrogens is 2. The number of nitro groups is 1. The number of nitrogens with zero attached hydrogens (tertiary/aromatic N) is 4. The molecule has 1 atom stereocenters. The number of hydrogen-bond donors (Lipinski definition) is 0. The minimum absolute atomic E-state index is 0.0602. The lowest BCUT2D eigenvalue weighted by Crippen LogP contribution is -2.35. The third-order valence-corrected chi connectivity index (χ3v) is 2.92. The summed E-state index contributed by atoms with van der Waals surface area (Å²) in [4.78, 5) is 12.4. The molecule has 0 aromatic carbocycles. The van der Waals surface area contributed by atoms with Gasteiger partial charge in [-0.3, -0.25) is 19.7 Å². The number of rotatable bonds is 3. The summed E-state index contributed by atoms with van der Waals surface area (Å²) in [6.45, 7) is 4.99. The van der Waals surface area contributed by atoms with Crippen LogP contribution in [-0.2, 0) is 6.67 Å². The maximum atomic E-state index is 10.5. The van der Waals surface area contributed by atoms with Crippen molar-refractivity contribution < 1.29 is 4.92 Å². The van der Waals surface area contributed by atoms with E-state index in [1.54, 1.807) is 4.68 Å². The van der Waals surface area contributed by atoms with Gasteiger partial charge in [0.15, 0.2) is 0 Å². The maximum Gasteiger partial charge on any atom is 0.307 e. The van der Waals surface area contributed by atoms with Crippen LogP contribution >= 0.6 is 0 Å². The minimum Gasteiger partial charge on any atom is -0.284 e. The molecule has 1 aliphatic heterocycles. The summed E-state index contributed by atoms with van der Waals surface area (Å²) in [5, 5.41) is 14.5. The summed E-state index contributed by atoms with van der Waals surface area (Å²) in [7, 11) is 0. The van der Waals surface area contributed by atoms with Gasteiger partial charge in [0.2, 0.25) is 0 Å². The highest BCUT2D eigenvalue weighted by molar-refractivity contribution is 5.20. The first kappa shape index (κ1) is 11.1. The molecular weight excluding hydrogens is 208 g/mol. The smallest absolute Gasteiger partial charge is 0.284 e. The van der Waals surface area contributed by atoms with E-state index in [1.807, 2.05) is 0 Å². The molecule has 2 rings (SSSR count). The van der Waals surface area contributed by atoms with Gasteiger partial charge >= 0.3 is 5.69 Å². The van der Waals surface area contributed by atoms with Crippen molar-refractivity contribution in [3.63, 3.8) is 0 Å². The molecule has 16 heavy (non-hydrogen) atoms. The van der Waals surface area contributed by atoms with E-state index in [2.05, 4.69) is 16.9 Å². The normalized spacial score (nSPS) is 22.2. The molecule has 0 bridgehead atoms. The summed E-state index contributed by atoms with van der Waals surface area (Å²) in [6, 6.07) is 0. The Bertz CT molecular complexity index is 377. The standard InChI is InChI=1S/C10H16N4O2/c1-9-3-2-4-12(6-9)8-13-7-10(5-11-13)14(15)16/h5,7,9H,2-4,6,8H2,1H3. The van der Waals surface area contributed by atoms with Crippen LogP contribution in [0.3, 0.4) is 0 Å². The molecule has 0 N–H and O–H groups in total. The minimum atomic E-state index is -0.414. The van der Waals surface area contributed by atoms with E-state index in [4.69, 9.17) is 0 Å². The van der Waals surface area contributed by atoms with Gasteiger partial charge < -0.3 is 0 Å². The van der Waals surface area contributed by atoms with Crippen LogP contribution in [0.15, 0.2) is 12.4 Å². The first-order chi connectivity index (χ1) is 7.65. The Labute approximate surface area is 94.0 Å². The van der Waals surface area contributed by atoms with Crippen LogP contribution in [0, 0.1) is 16.0 Å². The lowest BCUT2D eigenvalue weighted by molar-refractivity contribution is -0.385. The van der Waals surface area contributed by atoms with E-state index in [9.17, 15) is 10.1 Å². The van der Waals surface area contributed by atoms with Crippen molar-refractivity contribution in [1.29, 1.82) is 0 Å². The second-order valence-electron chi connectivity index (χ2n) is 4.46. The van der Waals surface area contributed by atoms with Gasteiger partial charge in [0.05, 0.1) is 11.6 Å². The summed E-state index contributed by atoms with van der Waals surface area (Å²) < 4.78 is 1.64. The molecule has 1 aromatic rings. The van der Waals surface area contributed by atoms with Gasteiger partial charge in [-0.25, -0.2) is 0 Å². The largest absolute Gasteiger partial charge is 0.307 e. The van der Waals surface area contributed by atoms with E-state index in [1.165, 1.54) is 25.2 Å². The third-order valence-electron chi connectivity index (χ3n) is 2.92. The third kappa shape index (κ3) is 2.57. The Kier molecular flexibility index (Phi) is 3.19. The second kappa shape index (κ2) is 4.61. The van der Waals surface area contributed by atoms with Crippen LogP contribution in [0.2, 0.25) is 0 Å². The molecule has 2 heterocycles. The molecule has 6 nitrogen and oxygen atoms in total. The molecule has 1 aromatic heterocycles. The van der Waals surface area contributed by atoms with E-state index >= 15 is 0 Å². The van der Waals surface area contributed by atoms with Gasteiger partial charge in [0.1, 0.15) is 12.4 Å².